The number of hydrogen-bond acceptors (Lipinski definition) is 2. The van der Waals surface area contributed by atoms with Crippen LogP contribution in [0.15, 0.2) is 18.2 Å². The summed E-state index contributed by atoms with van der Waals surface area (Å²) in [5, 5.41) is 12.4. The summed E-state index contributed by atoms with van der Waals surface area (Å²) in [6, 6.07) is 8.52. The van der Waals surface area contributed by atoms with Crippen molar-refractivity contribution in [3.63, 3.8) is 0 Å². The maximum Gasteiger partial charge on any atom is 0.0992 e. The zero-order valence-electron chi connectivity index (χ0n) is 10.7. The lowest BCUT2D eigenvalue weighted by Crippen LogP contribution is -2.23. The third-order valence-electron chi connectivity index (χ3n) is 3.68. The van der Waals surface area contributed by atoms with Gasteiger partial charge in [0.15, 0.2) is 0 Å². The average molecular weight is 228 g/mol. The zero-order valence-corrected chi connectivity index (χ0v) is 10.7. The molecule has 1 aromatic carbocycles. The molecule has 17 heavy (non-hydrogen) atoms. The Kier molecular flexibility index (Phi) is 3.68. The fourth-order valence-corrected chi connectivity index (χ4v) is 2.40. The summed E-state index contributed by atoms with van der Waals surface area (Å²) in [4.78, 5) is 0. The van der Waals surface area contributed by atoms with Crippen molar-refractivity contribution >= 4 is 5.69 Å². The molecular formula is C15H20N2. The van der Waals surface area contributed by atoms with Crippen LogP contribution in [0.1, 0.15) is 43.7 Å². The maximum absolute atomic E-state index is 8.90. The molecule has 1 N–H and O–H groups in total. The molecular weight excluding hydrogens is 208 g/mol. The van der Waals surface area contributed by atoms with Gasteiger partial charge < -0.3 is 5.32 Å². The second kappa shape index (κ2) is 5.23. The molecule has 2 nitrogen and oxygen atoms in total. The van der Waals surface area contributed by atoms with Crippen LogP contribution in [0.25, 0.3) is 0 Å². The van der Waals surface area contributed by atoms with Gasteiger partial charge in [0.05, 0.1) is 11.6 Å². The normalized spacial score (nSPS) is 17.0. The second-order valence-corrected chi connectivity index (χ2v) is 5.22. The number of aryl methyl sites for hydroxylation is 1. The quantitative estimate of drug-likeness (QED) is 0.849. The molecule has 1 saturated carbocycles. The van der Waals surface area contributed by atoms with E-state index in [9.17, 15) is 0 Å². The van der Waals surface area contributed by atoms with Gasteiger partial charge in [-0.15, -0.1) is 0 Å². The Morgan fingerprint density at radius 1 is 1.47 bits per heavy atom. The van der Waals surface area contributed by atoms with Gasteiger partial charge in [-0.05, 0) is 43.9 Å². The van der Waals surface area contributed by atoms with Crippen molar-refractivity contribution in [3.8, 4) is 6.07 Å². The summed E-state index contributed by atoms with van der Waals surface area (Å²) in [6.45, 7) is 4.32. The molecule has 0 bridgehead atoms. The van der Waals surface area contributed by atoms with Gasteiger partial charge in [-0.1, -0.05) is 25.3 Å². The number of benzene rings is 1. The van der Waals surface area contributed by atoms with Gasteiger partial charge in [0.2, 0.25) is 0 Å². The van der Waals surface area contributed by atoms with Gasteiger partial charge >= 0.3 is 0 Å². The van der Waals surface area contributed by atoms with E-state index >= 15 is 0 Å². The highest BCUT2D eigenvalue weighted by atomic mass is 14.9. The van der Waals surface area contributed by atoms with E-state index in [0.717, 1.165) is 17.2 Å². The van der Waals surface area contributed by atoms with Crippen molar-refractivity contribution in [1.82, 2.24) is 0 Å². The highest BCUT2D eigenvalue weighted by Gasteiger charge is 2.20. The molecule has 1 fully saturated rings. The van der Waals surface area contributed by atoms with E-state index in [0.29, 0.717) is 6.04 Å². The Labute approximate surface area is 104 Å². The lowest BCUT2D eigenvalue weighted by atomic mass is 9.81. The molecule has 2 rings (SSSR count). The van der Waals surface area contributed by atoms with Crippen molar-refractivity contribution in [2.75, 3.05) is 5.32 Å². The highest BCUT2D eigenvalue weighted by molar-refractivity contribution is 5.55. The van der Waals surface area contributed by atoms with Gasteiger partial charge in [0.1, 0.15) is 0 Å². The molecule has 2 heteroatoms. The van der Waals surface area contributed by atoms with Gasteiger partial charge in [-0.2, -0.15) is 5.26 Å². The molecule has 90 valence electrons. The van der Waals surface area contributed by atoms with E-state index in [4.69, 9.17) is 5.26 Å². The van der Waals surface area contributed by atoms with Gasteiger partial charge in [-0.25, -0.2) is 0 Å². The van der Waals surface area contributed by atoms with E-state index in [1.807, 2.05) is 18.2 Å². The van der Waals surface area contributed by atoms with Crippen LogP contribution in [0.4, 0.5) is 5.69 Å². The van der Waals surface area contributed by atoms with Crippen LogP contribution in [-0.2, 0) is 0 Å². The van der Waals surface area contributed by atoms with E-state index in [2.05, 4.69) is 25.2 Å². The first-order valence-corrected chi connectivity index (χ1v) is 6.46. The summed E-state index contributed by atoms with van der Waals surface area (Å²) in [5.41, 5.74) is 3.05. The number of hydrogen-bond donors (Lipinski definition) is 1. The summed E-state index contributed by atoms with van der Waals surface area (Å²) >= 11 is 0. The minimum absolute atomic E-state index is 0.493. The summed E-state index contributed by atoms with van der Waals surface area (Å²) in [5.74, 6) is 0.914. The molecule has 1 aromatic rings. The Morgan fingerprint density at radius 2 is 2.24 bits per heavy atom. The molecule has 0 spiro atoms. The van der Waals surface area contributed by atoms with Gasteiger partial charge in [0, 0.05) is 11.7 Å². The molecule has 0 radical (unpaired) electrons. The van der Waals surface area contributed by atoms with E-state index in [1.165, 1.54) is 31.2 Å². The largest absolute Gasteiger partial charge is 0.382 e. The number of anilines is 1. The van der Waals surface area contributed by atoms with Crippen molar-refractivity contribution < 1.29 is 0 Å². The summed E-state index contributed by atoms with van der Waals surface area (Å²) < 4.78 is 0. The Balaban J connectivity index is 1.99. The molecule has 0 amide bonds. The van der Waals surface area contributed by atoms with Crippen LogP contribution in [0.3, 0.4) is 0 Å². The molecule has 1 atom stereocenters. The minimum Gasteiger partial charge on any atom is -0.382 e. The Hall–Kier alpha value is -1.49. The van der Waals surface area contributed by atoms with E-state index < -0.39 is 0 Å². The second-order valence-electron chi connectivity index (χ2n) is 5.22. The van der Waals surface area contributed by atoms with Crippen LogP contribution in [0.2, 0.25) is 0 Å². The van der Waals surface area contributed by atoms with Crippen molar-refractivity contribution in [1.29, 1.82) is 5.26 Å². The zero-order chi connectivity index (χ0) is 12.3. The van der Waals surface area contributed by atoms with E-state index in [-0.39, 0.29) is 0 Å². The van der Waals surface area contributed by atoms with Crippen molar-refractivity contribution in [2.24, 2.45) is 5.92 Å². The topological polar surface area (TPSA) is 35.8 Å². The standard InChI is InChI=1S/C15H20N2/c1-11-6-7-14(10-16)9-15(11)17-12(2)8-13-4-3-5-13/h6-7,9,12-13,17H,3-5,8H2,1-2H3. The lowest BCUT2D eigenvalue weighted by molar-refractivity contribution is 0.286. The predicted octanol–water partition coefficient (Wildman–Crippen LogP) is 3.86. The maximum atomic E-state index is 8.90. The highest BCUT2D eigenvalue weighted by Crippen LogP contribution is 2.31. The Bertz CT molecular complexity index is 427. The molecule has 0 aromatic heterocycles. The first-order chi connectivity index (χ1) is 8.19. The third-order valence-corrected chi connectivity index (χ3v) is 3.68. The predicted molar refractivity (Wildman–Crippen MR) is 70.9 cm³/mol. The summed E-state index contributed by atoms with van der Waals surface area (Å²) in [6.07, 6.45) is 5.43. The molecule has 1 unspecified atom stereocenters. The van der Waals surface area contributed by atoms with Crippen molar-refractivity contribution in [3.05, 3.63) is 29.3 Å². The first-order valence-electron chi connectivity index (χ1n) is 6.46. The van der Waals surface area contributed by atoms with Crippen LogP contribution in [-0.4, -0.2) is 6.04 Å². The van der Waals surface area contributed by atoms with E-state index in [1.54, 1.807) is 0 Å². The fourth-order valence-electron chi connectivity index (χ4n) is 2.40. The Morgan fingerprint density at radius 3 is 2.82 bits per heavy atom. The van der Waals surface area contributed by atoms with Crippen molar-refractivity contribution in [2.45, 2.75) is 45.6 Å². The molecule has 0 aliphatic heterocycles. The molecule has 1 aliphatic carbocycles. The SMILES string of the molecule is Cc1ccc(C#N)cc1NC(C)CC1CCC1. The number of rotatable bonds is 4. The molecule has 0 heterocycles. The van der Waals surface area contributed by atoms with Gasteiger partial charge in [0.25, 0.3) is 0 Å². The summed E-state index contributed by atoms with van der Waals surface area (Å²) in [7, 11) is 0. The smallest absolute Gasteiger partial charge is 0.0992 e. The molecule has 1 aliphatic rings. The van der Waals surface area contributed by atoms with Crippen LogP contribution < -0.4 is 5.32 Å². The van der Waals surface area contributed by atoms with Crippen LogP contribution in [0.5, 0.6) is 0 Å². The number of nitrogens with zero attached hydrogens (tertiary/aromatic N) is 1. The van der Waals surface area contributed by atoms with Crippen LogP contribution in [0, 0.1) is 24.2 Å². The molecule has 0 saturated heterocycles. The minimum atomic E-state index is 0.493. The third kappa shape index (κ3) is 3.00. The monoisotopic (exact) mass is 228 g/mol. The van der Waals surface area contributed by atoms with Crippen LogP contribution >= 0.6 is 0 Å². The fraction of sp³-hybridized carbons (Fsp3) is 0.533. The lowest BCUT2D eigenvalue weighted by Gasteiger charge is -2.29. The van der Waals surface area contributed by atoms with Gasteiger partial charge in [-0.3, -0.25) is 0 Å². The number of nitrogens with one attached hydrogen (secondary N) is 1. The first kappa shape index (κ1) is 12.0. The number of nitriles is 1. The average Bonchev–Trinajstić information content (AvgIpc) is 2.27.